The summed E-state index contributed by atoms with van der Waals surface area (Å²) in [4.78, 5) is 18.7. The van der Waals surface area contributed by atoms with Gasteiger partial charge in [-0.2, -0.15) is 0 Å². The second-order valence-electron chi connectivity index (χ2n) is 17.0. The topological polar surface area (TPSA) is 50.2 Å². The zero-order valence-corrected chi connectivity index (χ0v) is 39.0. The number of carbonyl (C=O) groups excluding carboxylic acids is 1. The van der Waals surface area contributed by atoms with Crippen LogP contribution in [0.4, 0.5) is 0 Å². The van der Waals surface area contributed by atoms with Crippen LogP contribution in [0.5, 0.6) is 0 Å². The van der Waals surface area contributed by atoms with Crippen LogP contribution >= 0.6 is 22.7 Å². The Morgan fingerprint density at radius 2 is 1.53 bits per heavy atom. The van der Waals surface area contributed by atoms with Gasteiger partial charge in [0.2, 0.25) is 0 Å². The van der Waals surface area contributed by atoms with Crippen molar-refractivity contribution >= 4 is 59.5 Å². The van der Waals surface area contributed by atoms with E-state index in [1.807, 2.05) is 52.9 Å². The summed E-state index contributed by atoms with van der Waals surface area (Å²) < 4.78 is 2.63. The number of pyridine rings is 1. The van der Waals surface area contributed by atoms with Crippen molar-refractivity contribution in [2.24, 2.45) is 16.7 Å². The normalized spacial score (nSPS) is 12.6. The van der Waals surface area contributed by atoms with Gasteiger partial charge in [0.05, 0.1) is 10.2 Å². The first kappa shape index (κ1) is 44.6. The number of carbonyl (C=O) groups is 1. The minimum Gasteiger partial charge on any atom is -0.512 e. The summed E-state index contributed by atoms with van der Waals surface area (Å²) in [6.45, 7) is 25.8. The van der Waals surface area contributed by atoms with Crippen LogP contribution in [0.1, 0.15) is 118 Å². The molecule has 0 aliphatic carbocycles. The monoisotopic (exact) mass is 951 g/mol. The Kier molecular flexibility index (Phi) is 14.6. The molecule has 3 nitrogen and oxygen atoms in total. The first-order valence-corrected chi connectivity index (χ1v) is 21.5. The van der Waals surface area contributed by atoms with E-state index in [1.54, 1.807) is 11.3 Å². The number of allylic oxidation sites excluding steroid dienone is 2. The van der Waals surface area contributed by atoms with Gasteiger partial charge in [-0.25, -0.2) is 0 Å². The fraction of sp³-hybridized carbons (Fsp3) is 0.429. The maximum Gasteiger partial charge on any atom is 0.164 e. The molecule has 0 saturated heterocycles. The molecule has 0 atom stereocenters. The largest absolute Gasteiger partial charge is 0.512 e. The van der Waals surface area contributed by atoms with Crippen LogP contribution < -0.4 is 0 Å². The molecule has 0 unspecified atom stereocenters. The van der Waals surface area contributed by atoms with Gasteiger partial charge in [0.15, 0.2) is 5.78 Å². The Hall–Kier alpha value is -3.15. The van der Waals surface area contributed by atoms with Crippen molar-refractivity contribution in [1.82, 2.24) is 4.98 Å². The zero-order valence-electron chi connectivity index (χ0n) is 35.0. The van der Waals surface area contributed by atoms with Gasteiger partial charge in [-0.3, -0.25) is 9.78 Å². The Bertz CT molecular complexity index is 2290. The van der Waals surface area contributed by atoms with E-state index >= 15 is 0 Å². The summed E-state index contributed by atoms with van der Waals surface area (Å²) in [7, 11) is 0. The van der Waals surface area contributed by atoms with E-state index in [1.165, 1.54) is 53.4 Å². The van der Waals surface area contributed by atoms with Gasteiger partial charge in [-0.15, -0.1) is 51.8 Å². The summed E-state index contributed by atoms with van der Waals surface area (Å²) in [5, 5.41) is 16.1. The Labute approximate surface area is 352 Å². The van der Waals surface area contributed by atoms with Gasteiger partial charge in [-0.1, -0.05) is 117 Å². The second-order valence-corrected chi connectivity index (χ2v) is 19.1. The maximum absolute atomic E-state index is 12.2. The standard InChI is InChI=1S/C34H32NS2.C15H28O2.Ir/c1-20(2)15-26-21(3)37-32-12-11-23(17-28(26)32)27-19-31(35-30-13-14-36-33(27)30)24-16-22-9-7-8-10-25(22)29(18-24)34(4,5)6;1-7-14(5,8-2)12(16)11-13(17)15(6,9-3)10-4;/h7-14,17-20H,15H2,1-6H3;11,16H,7-10H2,1-6H3;/q-1;;/b;12-11-;. The van der Waals surface area contributed by atoms with Crippen molar-refractivity contribution in [2.45, 2.75) is 121 Å². The predicted molar refractivity (Wildman–Crippen MR) is 237 cm³/mol. The second kappa shape index (κ2) is 18.0. The number of ketones is 1. The molecule has 55 heavy (non-hydrogen) atoms. The molecule has 0 spiro atoms. The van der Waals surface area contributed by atoms with E-state index < -0.39 is 0 Å². The van der Waals surface area contributed by atoms with E-state index in [0.29, 0.717) is 5.92 Å². The number of aliphatic hydroxyl groups is 1. The van der Waals surface area contributed by atoms with E-state index in [-0.39, 0.29) is 47.9 Å². The van der Waals surface area contributed by atoms with Crippen molar-refractivity contribution in [3.05, 3.63) is 99.9 Å². The fourth-order valence-corrected chi connectivity index (χ4v) is 9.03. The fourth-order valence-electron chi connectivity index (χ4n) is 7.08. The van der Waals surface area contributed by atoms with Gasteiger partial charge in [0.25, 0.3) is 0 Å². The third-order valence-corrected chi connectivity index (χ3v) is 13.9. The number of aromatic nitrogens is 1. The number of nitrogens with zero attached hydrogens (tertiary/aromatic N) is 1. The number of hydrogen-bond donors (Lipinski definition) is 1. The minimum atomic E-state index is -0.337. The van der Waals surface area contributed by atoms with Crippen molar-refractivity contribution in [3.8, 4) is 22.4 Å². The number of aliphatic hydroxyl groups excluding tert-OH is 1. The van der Waals surface area contributed by atoms with Gasteiger partial charge < -0.3 is 5.11 Å². The predicted octanol–water partition coefficient (Wildman–Crippen LogP) is 15.3. The molecule has 3 aromatic carbocycles. The van der Waals surface area contributed by atoms with Crippen molar-refractivity contribution in [3.63, 3.8) is 0 Å². The molecular formula is C49H60IrNO2S2-. The molecule has 3 heterocycles. The van der Waals surface area contributed by atoms with Crippen LogP contribution in [0.2, 0.25) is 0 Å². The molecule has 1 N–H and O–H groups in total. The number of hydrogen-bond acceptors (Lipinski definition) is 5. The van der Waals surface area contributed by atoms with Crippen molar-refractivity contribution < 1.29 is 30.0 Å². The SMILES string of the molecule is CCC(C)(CC)C(=O)/C=C(\O)C(C)(CC)CC.Cc1sc2ccc(-c3cc(-c4[c-]c5ccccc5c(C(C)(C)C)c4)nc4ccsc34)cc2c1CC(C)C.[Ir]. The van der Waals surface area contributed by atoms with E-state index in [4.69, 9.17) is 4.98 Å². The number of benzene rings is 3. The van der Waals surface area contributed by atoms with Gasteiger partial charge in [0.1, 0.15) is 5.76 Å². The summed E-state index contributed by atoms with van der Waals surface area (Å²) in [5.74, 6) is 0.922. The number of thiophene rings is 2. The molecule has 3 aromatic heterocycles. The molecule has 6 aromatic rings. The first-order chi connectivity index (χ1) is 25.5. The Balaban J connectivity index is 0.000000320. The van der Waals surface area contributed by atoms with Crippen LogP contribution in [0, 0.1) is 29.7 Å². The zero-order chi connectivity index (χ0) is 39.6. The van der Waals surface area contributed by atoms with E-state index in [9.17, 15) is 9.90 Å². The number of fused-ring (bicyclic) bond motifs is 3. The molecule has 0 amide bonds. The molecule has 295 valence electrons. The maximum atomic E-state index is 12.2. The Morgan fingerprint density at radius 1 is 0.873 bits per heavy atom. The summed E-state index contributed by atoms with van der Waals surface area (Å²) in [6, 6.07) is 26.1. The third kappa shape index (κ3) is 9.53. The van der Waals surface area contributed by atoms with E-state index in [0.717, 1.165) is 54.3 Å². The molecular weight excluding hydrogens is 891 g/mol. The third-order valence-electron chi connectivity index (χ3n) is 11.8. The number of rotatable bonds is 11. The molecule has 0 bridgehead atoms. The summed E-state index contributed by atoms with van der Waals surface area (Å²) in [5.41, 5.74) is 7.89. The molecule has 6 rings (SSSR count). The smallest absolute Gasteiger partial charge is 0.164 e. The van der Waals surface area contributed by atoms with Crippen molar-refractivity contribution in [2.75, 3.05) is 0 Å². The molecule has 6 heteroatoms. The minimum absolute atomic E-state index is 0. The average molecular weight is 951 g/mol. The van der Waals surface area contributed by atoms with Gasteiger partial charge >= 0.3 is 0 Å². The first-order valence-electron chi connectivity index (χ1n) is 19.8. The summed E-state index contributed by atoms with van der Waals surface area (Å²) in [6.07, 6.45) is 5.87. The van der Waals surface area contributed by atoms with Gasteiger partial charge in [-0.05, 0) is 96.0 Å². The molecule has 0 aliphatic rings. The molecule has 0 saturated carbocycles. The molecule has 0 aliphatic heterocycles. The summed E-state index contributed by atoms with van der Waals surface area (Å²) >= 11 is 3.70. The van der Waals surface area contributed by atoms with Crippen LogP contribution in [-0.2, 0) is 36.7 Å². The van der Waals surface area contributed by atoms with E-state index in [2.05, 4.69) is 114 Å². The van der Waals surface area contributed by atoms with Crippen LogP contribution in [0.3, 0.4) is 0 Å². The van der Waals surface area contributed by atoms with Crippen molar-refractivity contribution in [1.29, 1.82) is 0 Å². The van der Waals surface area contributed by atoms with Crippen LogP contribution in [0.25, 0.3) is 53.5 Å². The molecule has 0 fully saturated rings. The van der Waals surface area contributed by atoms with Crippen LogP contribution in [-0.4, -0.2) is 15.9 Å². The van der Waals surface area contributed by atoms with Crippen LogP contribution in [0.15, 0.2) is 77.9 Å². The van der Waals surface area contributed by atoms with Gasteiger partial charge in [0, 0.05) is 52.3 Å². The quantitative estimate of drug-likeness (QED) is 0.0800. The Morgan fingerprint density at radius 3 is 2.15 bits per heavy atom. The average Bonchev–Trinajstić information content (AvgIpc) is 3.76. The molecule has 1 radical (unpaired) electrons. The number of aryl methyl sites for hydroxylation is 1.